The molecule has 2 aromatic rings. The number of hydrogen-bond acceptors (Lipinski definition) is 4. The zero-order valence-electron chi connectivity index (χ0n) is 13.6. The molecular formula is C18H21FN4. The van der Waals surface area contributed by atoms with E-state index in [-0.39, 0.29) is 6.17 Å². The SMILES string of the molecule is CC1N(C)c2ccccc2N1CN1c2ccccc2N(C)C1F. The molecule has 5 heteroatoms. The molecule has 4 nitrogen and oxygen atoms in total. The second-order valence-electron chi connectivity index (χ2n) is 6.22. The van der Waals surface area contributed by atoms with Crippen molar-refractivity contribution < 1.29 is 4.39 Å². The minimum atomic E-state index is -1.14. The van der Waals surface area contributed by atoms with Crippen LogP contribution < -0.4 is 19.6 Å². The highest BCUT2D eigenvalue weighted by atomic mass is 19.1. The fraction of sp³-hybridized carbons (Fsp3) is 0.333. The van der Waals surface area contributed by atoms with E-state index in [0.717, 1.165) is 17.1 Å². The minimum absolute atomic E-state index is 0.192. The molecule has 0 aliphatic carbocycles. The van der Waals surface area contributed by atoms with Gasteiger partial charge in [0, 0.05) is 14.1 Å². The molecule has 2 atom stereocenters. The van der Waals surface area contributed by atoms with Gasteiger partial charge in [-0.3, -0.25) is 0 Å². The number of nitrogens with zero attached hydrogens (tertiary/aromatic N) is 4. The Kier molecular flexibility index (Phi) is 3.11. The standard InChI is InChI=1S/C18H21FN4/c1-13-20(2)14-8-4-6-10-16(14)22(13)12-23-17-11-7-5-9-15(17)21(3)18(23)19/h4-11,13,18H,12H2,1-3H3. The number of hydrogen-bond donors (Lipinski definition) is 0. The third-order valence-corrected chi connectivity index (χ3v) is 5.04. The molecule has 0 aromatic heterocycles. The van der Waals surface area contributed by atoms with Crippen LogP contribution in [0, 0.1) is 0 Å². The first kappa shape index (κ1) is 14.2. The molecule has 2 aliphatic heterocycles. The summed E-state index contributed by atoms with van der Waals surface area (Å²) in [6, 6.07) is 16.2. The lowest BCUT2D eigenvalue weighted by atomic mass is 10.2. The van der Waals surface area contributed by atoms with Crippen LogP contribution in [0.15, 0.2) is 48.5 Å². The van der Waals surface area contributed by atoms with Crippen molar-refractivity contribution in [2.75, 3.05) is 40.4 Å². The second kappa shape index (κ2) is 5.05. The summed E-state index contributed by atoms with van der Waals surface area (Å²) in [5.41, 5.74) is 4.23. The van der Waals surface area contributed by atoms with Crippen molar-refractivity contribution in [2.24, 2.45) is 0 Å². The number of anilines is 4. The number of rotatable bonds is 2. The van der Waals surface area contributed by atoms with Gasteiger partial charge in [-0.05, 0) is 31.2 Å². The molecule has 2 aromatic carbocycles. The van der Waals surface area contributed by atoms with E-state index in [1.54, 1.807) is 11.9 Å². The summed E-state index contributed by atoms with van der Waals surface area (Å²) in [6.07, 6.45) is -0.949. The lowest BCUT2D eigenvalue weighted by molar-refractivity contribution is 0.326. The van der Waals surface area contributed by atoms with Crippen LogP contribution in [0.2, 0.25) is 0 Å². The Hall–Kier alpha value is -2.43. The van der Waals surface area contributed by atoms with Gasteiger partial charge in [0.25, 0.3) is 6.42 Å². The third kappa shape index (κ3) is 1.96. The maximum absolute atomic E-state index is 14.8. The van der Waals surface area contributed by atoms with Crippen LogP contribution in [0.5, 0.6) is 0 Å². The van der Waals surface area contributed by atoms with Crippen LogP contribution in [-0.2, 0) is 0 Å². The molecule has 0 N–H and O–H groups in total. The predicted molar refractivity (Wildman–Crippen MR) is 93.9 cm³/mol. The smallest absolute Gasteiger partial charge is 0.251 e. The minimum Gasteiger partial charge on any atom is -0.353 e. The molecule has 0 radical (unpaired) electrons. The summed E-state index contributed by atoms with van der Waals surface area (Å²) in [6.45, 7) is 2.67. The van der Waals surface area contributed by atoms with Crippen molar-refractivity contribution in [3.63, 3.8) is 0 Å². The van der Waals surface area contributed by atoms with Gasteiger partial charge in [0.2, 0.25) is 0 Å². The summed E-state index contributed by atoms with van der Waals surface area (Å²) < 4.78 is 14.8. The molecule has 4 rings (SSSR count). The number of halogens is 1. The lowest BCUT2D eigenvalue weighted by Crippen LogP contribution is -2.49. The zero-order chi connectivity index (χ0) is 16.1. The van der Waals surface area contributed by atoms with Crippen molar-refractivity contribution >= 4 is 22.7 Å². The Morgan fingerprint density at radius 1 is 0.783 bits per heavy atom. The van der Waals surface area contributed by atoms with E-state index < -0.39 is 6.42 Å². The highest BCUT2D eigenvalue weighted by molar-refractivity contribution is 5.80. The Labute approximate surface area is 136 Å². The van der Waals surface area contributed by atoms with Gasteiger partial charge < -0.3 is 19.6 Å². The molecular weight excluding hydrogens is 291 g/mol. The fourth-order valence-corrected chi connectivity index (χ4v) is 3.56. The molecule has 2 heterocycles. The highest BCUT2D eigenvalue weighted by Crippen LogP contribution is 2.42. The van der Waals surface area contributed by atoms with E-state index >= 15 is 0 Å². The van der Waals surface area contributed by atoms with Gasteiger partial charge in [0.1, 0.15) is 6.17 Å². The average Bonchev–Trinajstić information content (AvgIpc) is 2.97. The Morgan fingerprint density at radius 3 is 1.87 bits per heavy atom. The number of alkyl halides is 1. The quantitative estimate of drug-likeness (QED) is 0.787. The average molecular weight is 312 g/mol. The van der Waals surface area contributed by atoms with Crippen LogP contribution >= 0.6 is 0 Å². The molecule has 0 spiro atoms. The van der Waals surface area contributed by atoms with Gasteiger partial charge in [-0.25, -0.2) is 0 Å². The Bertz CT molecular complexity index is 673. The number of para-hydroxylation sites is 4. The molecule has 0 saturated heterocycles. The first-order valence-electron chi connectivity index (χ1n) is 7.90. The maximum Gasteiger partial charge on any atom is 0.251 e. The van der Waals surface area contributed by atoms with Gasteiger partial charge >= 0.3 is 0 Å². The first-order chi connectivity index (χ1) is 11.1. The van der Waals surface area contributed by atoms with Crippen molar-refractivity contribution in [1.82, 2.24) is 0 Å². The van der Waals surface area contributed by atoms with Crippen LogP contribution in [0.1, 0.15) is 6.92 Å². The molecule has 2 unspecified atom stereocenters. The van der Waals surface area contributed by atoms with E-state index in [0.29, 0.717) is 6.67 Å². The molecule has 2 aliphatic rings. The van der Waals surface area contributed by atoms with Gasteiger partial charge in [-0.1, -0.05) is 24.3 Å². The molecule has 23 heavy (non-hydrogen) atoms. The zero-order valence-corrected chi connectivity index (χ0v) is 13.6. The topological polar surface area (TPSA) is 13.0 Å². The highest BCUT2D eigenvalue weighted by Gasteiger charge is 2.38. The normalized spacial score (nSPS) is 22.6. The molecule has 0 amide bonds. The van der Waals surface area contributed by atoms with E-state index in [4.69, 9.17) is 0 Å². The van der Waals surface area contributed by atoms with Crippen molar-refractivity contribution in [1.29, 1.82) is 0 Å². The lowest BCUT2D eigenvalue weighted by Gasteiger charge is -2.33. The summed E-state index contributed by atoms with van der Waals surface area (Å²) in [5.74, 6) is 0. The number of fused-ring (bicyclic) bond motifs is 2. The second-order valence-corrected chi connectivity index (χ2v) is 6.22. The fourth-order valence-electron chi connectivity index (χ4n) is 3.56. The predicted octanol–water partition coefficient (Wildman–Crippen LogP) is 3.46. The van der Waals surface area contributed by atoms with Crippen molar-refractivity contribution in [3.8, 4) is 0 Å². The molecule has 0 fully saturated rings. The maximum atomic E-state index is 14.8. The van der Waals surface area contributed by atoms with Gasteiger partial charge in [-0.2, -0.15) is 4.39 Å². The van der Waals surface area contributed by atoms with Crippen LogP contribution in [0.3, 0.4) is 0 Å². The largest absolute Gasteiger partial charge is 0.353 e. The summed E-state index contributed by atoms with van der Waals surface area (Å²) in [5, 5.41) is 0. The molecule has 120 valence electrons. The van der Waals surface area contributed by atoms with Gasteiger partial charge in [-0.15, -0.1) is 0 Å². The van der Waals surface area contributed by atoms with Crippen molar-refractivity contribution in [2.45, 2.75) is 19.5 Å². The first-order valence-corrected chi connectivity index (χ1v) is 7.90. The van der Waals surface area contributed by atoms with Crippen LogP contribution in [0.25, 0.3) is 0 Å². The summed E-state index contributed by atoms with van der Waals surface area (Å²) in [7, 11) is 3.89. The summed E-state index contributed by atoms with van der Waals surface area (Å²) >= 11 is 0. The van der Waals surface area contributed by atoms with E-state index in [1.165, 1.54) is 5.69 Å². The van der Waals surface area contributed by atoms with Gasteiger partial charge in [0.15, 0.2) is 0 Å². The van der Waals surface area contributed by atoms with E-state index in [1.807, 2.05) is 41.3 Å². The third-order valence-electron chi connectivity index (χ3n) is 5.04. The summed E-state index contributed by atoms with van der Waals surface area (Å²) in [4.78, 5) is 7.99. The van der Waals surface area contributed by atoms with Crippen LogP contribution in [0.4, 0.5) is 27.1 Å². The van der Waals surface area contributed by atoms with Gasteiger partial charge in [0.05, 0.1) is 29.4 Å². The number of benzene rings is 2. The van der Waals surface area contributed by atoms with E-state index in [9.17, 15) is 4.39 Å². The van der Waals surface area contributed by atoms with E-state index in [2.05, 4.69) is 35.9 Å². The molecule has 0 saturated carbocycles. The van der Waals surface area contributed by atoms with Crippen LogP contribution in [-0.4, -0.2) is 33.3 Å². The molecule has 0 bridgehead atoms. The Balaban J connectivity index is 1.69. The van der Waals surface area contributed by atoms with Crippen molar-refractivity contribution in [3.05, 3.63) is 48.5 Å². The Morgan fingerprint density at radius 2 is 1.26 bits per heavy atom. The monoisotopic (exact) mass is 312 g/mol.